The van der Waals surface area contributed by atoms with Gasteiger partial charge in [-0.15, -0.1) is 10.2 Å². The van der Waals surface area contributed by atoms with Gasteiger partial charge in [0.1, 0.15) is 5.82 Å². The Labute approximate surface area is 82.5 Å². The molecule has 0 saturated heterocycles. The van der Waals surface area contributed by atoms with E-state index in [0.29, 0.717) is 11.2 Å². The number of rotatable bonds is 2. The summed E-state index contributed by atoms with van der Waals surface area (Å²) >= 11 is 5.63. The van der Waals surface area contributed by atoms with Crippen molar-refractivity contribution < 1.29 is 0 Å². The second-order valence-electron chi connectivity index (χ2n) is 3.37. The highest BCUT2D eigenvalue weighted by molar-refractivity contribution is 6.29. The van der Waals surface area contributed by atoms with Crippen LogP contribution < -0.4 is 5.32 Å². The van der Waals surface area contributed by atoms with Gasteiger partial charge in [0.2, 0.25) is 0 Å². The van der Waals surface area contributed by atoms with Gasteiger partial charge in [-0.3, -0.25) is 0 Å². The van der Waals surface area contributed by atoms with Crippen LogP contribution in [0.1, 0.15) is 25.7 Å². The van der Waals surface area contributed by atoms with E-state index in [4.69, 9.17) is 11.6 Å². The van der Waals surface area contributed by atoms with Crippen LogP contribution in [0.25, 0.3) is 0 Å². The molecule has 0 radical (unpaired) electrons. The molecule has 3 nitrogen and oxygen atoms in total. The fourth-order valence-corrected chi connectivity index (χ4v) is 1.77. The molecule has 1 fully saturated rings. The van der Waals surface area contributed by atoms with Gasteiger partial charge in [-0.1, -0.05) is 24.4 Å². The van der Waals surface area contributed by atoms with Crippen molar-refractivity contribution in [3.05, 3.63) is 17.3 Å². The first kappa shape index (κ1) is 8.75. The van der Waals surface area contributed by atoms with Crippen molar-refractivity contribution in [2.45, 2.75) is 31.7 Å². The highest BCUT2D eigenvalue weighted by Crippen LogP contribution is 2.21. The lowest BCUT2D eigenvalue weighted by Crippen LogP contribution is -2.15. The fourth-order valence-electron chi connectivity index (χ4n) is 1.67. The van der Waals surface area contributed by atoms with Crippen LogP contribution in [0.4, 0.5) is 5.82 Å². The van der Waals surface area contributed by atoms with Crippen LogP contribution in [0.15, 0.2) is 12.1 Å². The third-order valence-electron chi connectivity index (χ3n) is 2.34. The summed E-state index contributed by atoms with van der Waals surface area (Å²) in [6.07, 6.45) is 5.12. The molecule has 0 bridgehead atoms. The van der Waals surface area contributed by atoms with Gasteiger partial charge in [-0.05, 0) is 25.0 Å². The lowest BCUT2D eigenvalue weighted by molar-refractivity contribution is 0.746. The molecule has 0 aliphatic heterocycles. The van der Waals surface area contributed by atoms with Crippen molar-refractivity contribution in [3.8, 4) is 0 Å². The lowest BCUT2D eigenvalue weighted by Gasteiger charge is -2.11. The van der Waals surface area contributed by atoms with Gasteiger partial charge in [0.05, 0.1) is 0 Å². The molecular weight excluding hydrogens is 186 g/mol. The van der Waals surface area contributed by atoms with Gasteiger partial charge in [-0.25, -0.2) is 0 Å². The predicted octanol–water partition coefficient (Wildman–Crippen LogP) is 2.48. The predicted molar refractivity (Wildman–Crippen MR) is 52.9 cm³/mol. The van der Waals surface area contributed by atoms with E-state index in [2.05, 4.69) is 15.5 Å². The summed E-state index contributed by atoms with van der Waals surface area (Å²) in [7, 11) is 0. The van der Waals surface area contributed by atoms with E-state index in [-0.39, 0.29) is 0 Å². The van der Waals surface area contributed by atoms with Crippen LogP contribution in [-0.4, -0.2) is 16.2 Å². The highest BCUT2D eigenvalue weighted by atomic mass is 35.5. The Balaban J connectivity index is 1.97. The van der Waals surface area contributed by atoms with Crippen LogP contribution in [0.5, 0.6) is 0 Å². The number of hydrogen-bond acceptors (Lipinski definition) is 3. The smallest absolute Gasteiger partial charge is 0.151 e. The minimum Gasteiger partial charge on any atom is -0.366 e. The molecule has 1 aromatic heterocycles. The number of hydrogen-bond donors (Lipinski definition) is 1. The largest absolute Gasteiger partial charge is 0.366 e. The maximum absolute atomic E-state index is 5.63. The maximum atomic E-state index is 5.63. The molecule has 0 atom stereocenters. The average molecular weight is 198 g/mol. The topological polar surface area (TPSA) is 37.8 Å². The standard InChI is InChI=1S/C9H12ClN3/c10-8-5-6-9(13-12-8)11-7-3-1-2-4-7/h5-7H,1-4H2,(H,11,13). The summed E-state index contributed by atoms with van der Waals surface area (Å²) in [5.74, 6) is 0.830. The minimum atomic E-state index is 0.442. The van der Waals surface area contributed by atoms with Gasteiger partial charge in [0, 0.05) is 6.04 Å². The molecule has 1 aromatic rings. The van der Waals surface area contributed by atoms with E-state index < -0.39 is 0 Å². The second-order valence-corrected chi connectivity index (χ2v) is 3.75. The molecule has 70 valence electrons. The van der Waals surface area contributed by atoms with Crippen LogP contribution in [0.3, 0.4) is 0 Å². The second kappa shape index (κ2) is 3.92. The zero-order valence-electron chi connectivity index (χ0n) is 7.33. The first-order chi connectivity index (χ1) is 6.34. The molecule has 1 saturated carbocycles. The first-order valence-corrected chi connectivity index (χ1v) is 4.98. The molecule has 1 aliphatic carbocycles. The van der Waals surface area contributed by atoms with E-state index in [1.54, 1.807) is 6.07 Å². The van der Waals surface area contributed by atoms with Crippen LogP contribution >= 0.6 is 11.6 Å². The molecule has 1 N–H and O–H groups in total. The van der Waals surface area contributed by atoms with E-state index in [0.717, 1.165) is 5.82 Å². The number of nitrogens with one attached hydrogen (secondary N) is 1. The summed E-state index contributed by atoms with van der Waals surface area (Å²) in [4.78, 5) is 0. The van der Waals surface area contributed by atoms with Crippen molar-refractivity contribution in [1.29, 1.82) is 0 Å². The van der Waals surface area contributed by atoms with E-state index >= 15 is 0 Å². The van der Waals surface area contributed by atoms with Crippen LogP contribution in [0.2, 0.25) is 5.15 Å². The average Bonchev–Trinajstić information content (AvgIpc) is 2.62. The first-order valence-electron chi connectivity index (χ1n) is 4.60. The molecule has 2 rings (SSSR count). The third-order valence-corrected chi connectivity index (χ3v) is 2.54. The van der Waals surface area contributed by atoms with E-state index in [9.17, 15) is 0 Å². The Bertz CT molecular complexity index is 267. The molecule has 4 heteroatoms. The fraction of sp³-hybridized carbons (Fsp3) is 0.556. The summed E-state index contributed by atoms with van der Waals surface area (Å²) in [6.45, 7) is 0. The Morgan fingerprint density at radius 1 is 1.23 bits per heavy atom. The maximum Gasteiger partial charge on any atom is 0.151 e. The zero-order valence-corrected chi connectivity index (χ0v) is 8.09. The molecule has 1 aliphatic rings. The Kier molecular flexibility index (Phi) is 2.64. The monoisotopic (exact) mass is 197 g/mol. The van der Waals surface area contributed by atoms with Gasteiger partial charge >= 0.3 is 0 Å². The van der Waals surface area contributed by atoms with Crippen LogP contribution in [-0.2, 0) is 0 Å². The van der Waals surface area contributed by atoms with Gasteiger partial charge in [-0.2, -0.15) is 0 Å². The number of nitrogens with zero attached hydrogens (tertiary/aromatic N) is 2. The van der Waals surface area contributed by atoms with Crippen molar-refractivity contribution in [2.75, 3.05) is 5.32 Å². The number of halogens is 1. The number of aromatic nitrogens is 2. The molecule has 0 aromatic carbocycles. The Hall–Kier alpha value is -0.830. The summed E-state index contributed by atoms with van der Waals surface area (Å²) in [5.41, 5.74) is 0. The SMILES string of the molecule is Clc1ccc(NC2CCCC2)nn1. The van der Waals surface area contributed by atoms with Crippen molar-refractivity contribution in [3.63, 3.8) is 0 Å². The van der Waals surface area contributed by atoms with Gasteiger partial charge < -0.3 is 5.32 Å². The molecule has 0 unspecified atom stereocenters. The van der Waals surface area contributed by atoms with Crippen molar-refractivity contribution >= 4 is 17.4 Å². The Morgan fingerprint density at radius 2 is 2.00 bits per heavy atom. The minimum absolute atomic E-state index is 0.442. The lowest BCUT2D eigenvalue weighted by atomic mass is 10.2. The summed E-state index contributed by atoms with van der Waals surface area (Å²) < 4.78 is 0. The zero-order chi connectivity index (χ0) is 9.10. The molecular formula is C9H12ClN3. The van der Waals surface area contributed by atoms with Crippen LogP contribution in [0, 0.1) is 0 Å². The summed E-state index contributed by atoms with van der Waals surface area (Å²) in [5, 5.41) is 11.5. The molecule has 0 amide bonds. The molecule has 0 spiro atoms. The summed E-state index contributed by atoms with van der Waals surface area (Å²) in [6, 6.07) is 4.20. The normalized spacial score (nSPS) is 17.6. The van der Waals surface area contributed by atoms with E-state index in [1.165, 1.54) is 25.7 Å². The molecule has 13 heavy (non-hydrogen) atoms. The van der Waals surface area contributed by atoms with Gasteiger partial charge in [0.15, 0.2) is 5.15 Å². The van der Waals surface area contributed by atoms with Crippen molar-refractivity contribution in [2.24, 2.45) is 0 Å². The van der Waals surface area contributed by atoms with Gasteiger partial charge in [0.25, 0.3) is 0 Å². The van der Waals surface area contributed by atoms with Crippen molar-refractivity contribution in [1.82, 2.24) is 10.2 Å². The molecule has 1 heterocycles. The highest BCUT2D eigenvalue weighted by Gasteiger charge is 2.14. The van der Waals surface area contributed by atoms with E-state index in [1.807, 2.05) is 6.07 Å². The quantitative estimate of drug-likeness (QED) is 0.792. The Morgan fingerprint density at radius 3 is 2.62 bits per heavy atom. The third kappa shape index (κ3) is 2.31. The number of anilines is 1.